The van der Waals surface area contributed by atoms with E-state index in [2.05, 4.69) is 41.5 Å². The van der Waals surface area contributed by atoms with E-state index >= 15 is 0 Å². The molecule has 17 heavy (non-hydrogen) atoms. The van der Waals surface area contributed by atoms with Gasteiger partial charge in [-0.3, -0.25) is 0 Å². The Morgan fingerprint density at radius 3 is 2.71 bits per heavy atom. The van der Waals surface area contributed by atoms with Gasteiger partial charge in [-0.15, -0.1) is 5.10 Å². The quantitative estimate of drug-likeness (QED) is 0.914. The maximum absolute atomic E-state index is 5.32. The van der Waals surface area contributed by atoms with Crippen LogP contribution in [0.2, 0.25) is 0 Å². The van der Waals surface area contributed by atoms with Crippen LogP contribution in [-0.2, 0) is 7.05 Å². The molecule has 2 aromatic heterocycles. The molecule has 0 unspecified atom stereocenters. The van der Waals surface area contributed by atoms with Gasteiger partial charge >= 0.3 is 0 Å². The van der Waals surface area contributed by atoms with Crippen LogP contribution in [0.15, 0.2) is 10.9 Å². The summed E-state index contributed by atoms with van der Waals surface area (Å²) in [5.41, 5.74) is 1.37. The van der Waals surface area contributed by atoms with Crippen LogP contribution < -0.4 is 10.1 Å². The molecule has 0 aromatic carbocycles. The summed E-state index contributed by atoms with van der Waals surface area (Å²) in [7, 11) is 5.12. The number of ether oxygens (including phenoxy) is 1. The molecule has 0 aliphatic rings. The van der Waals surface area contributed by atoms with Crippen molar-refractivity contribution in [3.8, 4) is 17.1 Å². The fourth-order valence-electron chi connectivity index (χ4n) is 1.50. The monoisotopic (exact) mass is 298 g/mol. The third-order valence-corrected chi connectivity index (χ3v) is 2.79. The Hall–Kier alpha value is -1.70. The fourth-order valence-corrected chi connectivity index (χ4v) is 2.01. The summed E-state index contributed by atoms with van der Waals surface area (Å²) in [6, 6.07) is 0. The van der Waals surface area contributed by atoms with Gasteiger partial charge in [0.2, 0.25) is 0 Å². The third kappa shape index (κ3) is 1.95. The first-order valence-electron chi connectivity index (χ1n) is 4.81. The smallest absolute Gasteiger partial charge is 0.189 e. The van der Waals surface area contributed by atoms with Crippen molar-refractivity contribution < 1.29 is 4.74 Å². The molecule has 0 spiro atoms. The van der Waals surface area contributed by atoms with E-state index in [1.165, 1.54) is 6.33 Å². The average Bonchev–Trinajstić information content (AvgIpc) is 2.68. The topological polar surface area (TPSA) is 77.8 Å². The summed E-state index contributed by atoms with van der Waals surface area (Å²) < 4.78 is 7.55. The van der Waals surface area contributed by atoms with E-state index in [0.717, 1.165) is 5.69 Å². The minimum atomic E-state index is 0.557. The molecule has 0 fully saturated rings. The largest absolute Gasteiger partial charge is 0.491 e. The number of aryl methyl sites for hydroxylation is 1. The molecule has 0 bridgehead atoms. The molecule has 0 radical (unpaired) electrons. The molecule has 2 rings (SSSR count). The zero-order valence-corrected chi connectivity index (χ0v) is 11.2. The zero-order chi connectivity index (χ0) is 12.4. The van der Waals surface area contributed by atoms with Crippen LogP contribution in [0.4, 0.5) is 5.82 Å². The Bertz CT molecular complexity index is 521. The van der Waals surface area contributed by atoms with E-state index in [1.54, 1.807) is 25.9 Å². The minimum Gasteiger partial charge on any atom is -0.491 e. The first kappa shape index (κ1) is 11.8. The lowest BCUT2D eigenvalue weighted by molar-refractivity contribution is 0.414. The molecule has 2 aromatic rings. The number of nitrogens with one attached hydrogen (secondary N) is 1. The summed E-state index contributed by atoms with van der Waals surface area (Å²) in [6.07, 6.45) is 1.46. The molecule has 0 atom stereocenters. The Balaban J connectivity index is 2.67. The van der Waals surface area contributed by atoms with E-state index in [9.17, 15) is 0 Å². The molecule has 1 N–H and O–H groups in total. The number of nitrogens with zero attached hydrogens (tertiary/aromatic N) is 5. The van der Waals surface area contributed by atoms with E-state index < -0.39 is 0 Å². The first-order chi connectivity index (χ1) is 8.19. The van der Waals surface area contributed by atoms with Gasteiger partial charge in [0.15, 0.2) is 16.2 Å². The second-order valence-electron chi connectivity index (χ2n) is 3.21. The predicted octanol–water partition coefficient (Wildman–Crippen LogP) is 1.08. The van der Waals surface area contributed by atoms with Crippen molar-refractivity contribution in [3.63, 3.8) is 0 Å². The minimum absolute atomic E-state index is 0.557. The van der Waals surface area contributed by atoms with Gasteiger partial charge in [-0.25, -0.2) is 14.6 Å². The van der Waals surface area contributed by atoms with Gasteiger partial charge < -0.3 is 10.1 Å². The maximum atomic E-state index is 5.32. The van der Waals surface area contributed by atoms with Gasteiger partial charge in [-0.05, 0) is 15.9 Å². The highest BCUT2D eigenvalue weighted by Crippen LogP contribution is 2.35. The molecule has 0 aliphatic carbocycles. The van der Waals surface area contributed by atoms with Gasteiger partial charge in [-0.2, -0.15) is 0 Å². The highest BCUT2D eigenvalue weighted by molar-refractivity contribution is 9.10. The van der Waals surface area contributed by atoms with E-state index in [0.29, 0.717) is 21.9 Å². The summed E-state index contributed by atoms with van der Waals surface area (Å²) >= 11 is 3.33. The first-order valence-corrected chi connectivity index (χ1v) is 5.60. The molecule has 0 saturated carbocycles. The predicted molar refractivity (Wildman–Crippen MR) is 65.8 cm³/mol. The lowest BCUT2D eigenvalue weighted by atomic mass is 10.3. The van der Waals surface area contributed by atoms with E-state index in [-0.39, 0.29) is 0 Å². The Labute approximate surface area is 106 Å². The fraction of sp³-hybridized carbons (Fsp3) is 0.333. The van der Waals surface area contributed by atoms with Crippen LogP contribution in [0.1, 0.15) is 0 Å². The normalized spacial score (nSPS) is 10.4. The lowest BCUT2D eigenvalue weighted by Crippen LogP contribution is -2.03. The Morgan fingerprint density at radius 2 is 2.18 bits per heavy atom. The molecule has 0 amide bonds. The lowest BCUT2D eigenvalue weighted by Gasteiger charge is -2.10. The van der Waals surface area contributed by atoms with Crippen LogP contribution in [-0.4, -0.2) is 39.1 Å². The van der Waals surface area contributed by atoms with Crippen LogP contribution in [0.5, 0.6) is 5.75 Å². The maximum Gasteiger partial charge on any atom is 0.189 e. The van der Waals surface area contributed by atoms with Crippen LogP contribution >= 0.6 is 15.9 Å². The second kappa shape index (κ2) is 4.66. The molecule has 7 nitrogen and oxygen atoms in total. The van der Waals surface area contributed by atoms with Gasteiger partial charge in [0.25, 0.3) is 0 Å². The summed E-state index contributed by atoms with van der Waals surface area (Å²) in [5.74, 6) is 1.17. The van der Waals surface area contributed by atoms with Crippen molar-refractivity contribution in [1.29, 1.82) is 0 Å². The van der Waals surface area contributed by atoms with E-state index in [1.807, 2.05) is 0 Å². The third-order valence-electron chi connectivity index (χ3n) is 2.25. The number of anilines is 1. The van der Waals surface area contributed by atoms with Crippen LogP contribution in [0.25, 0.3) is 11.4 Å². The van der Waals surface area contributed by atoms with Crippen molar-refractivity contribution >= 4 is 21.7 Å². The van der Waals surface area contributed by atoms with E-state index in [4.69, 9.17) is 4.74 Å². The van der Waals surface area contributed by atoms with Crippen LogP contribution in [0, 0.1) is 0 Å². The number of rotatable bonds is 3. The Morgan fingerprint density at radius 1 is 1.41 bits per heavy atom. The summed E-state index contributed by atoms with van der Waals surface area (Å²) in [5, 5.41) is 10.8. The van der Waals surface area contributed by atoms with Gasteiger partial charge in [0.1, 0.15) is 17.7 Å². The van der Waals surface area contributed by atoms with Crippen molar-refractivity contribution in [2.45, 2.75) is 0 Å². The average molecular weight is 299 g/mol. The van der Waals surface area contributed by atoms with Crippen LogP contribution in [0.3, 0.4) is 0 Å². The number of hydrogen-bond donors (Lipinski definition) is 1. The zero-order valence-electron chi connectivity index (χ0n) is 9.60. The van der Waals surface area contributed by atoms with Gasteiger partial charge in [0.05, 0.1) is 7.11 Å². The van der Waals surface area contributed by atoms with Crippen molar-refractivity contribution in [3.05, 3.63) is 10.9 Å². The highest BCUT2D eigenvalue weighted by atomic mass is 79.9. The number of methoxy groups -OCH3 is 1. The standard InChI is InChI=1S/C9H11BrN6O/c1-11-9-7(17-3)5(12-4-13-9)6-8(10)14-15-16(6)2/h4H,1-3H3,(H,11,12,13). The summed E-state index contributed by atoms with van der Waals surface area (Å²) in [4.78, 5) is 8.30. The molecular formula is C9H11BrN6O. The number of hydrogen-bond acceptors (Lipinski definition) is 6. The molecule has 90 valence electrons. The molecule has 0 saturated heterocycles. The SMILES string of the molecule is CNc1ncnc(-c2c(Br)nnn2C)c1OC. The summed E-state index contributed by atoms with van der Waals surface area (Å²) in [6.45, 7) is 0. The molecule has 8 heteroatoms. The highest BCUT2D eigenvalue weighted by Gasteiger charge is 2.19. The molecular weight excluding hydrogens is 288 g/mol. The molecule has 2 heterocycles. The van der Waals surface area contributed by atoms with Crippen molar-refractivity contribution in [2.75, 3.05) is 19.5 Å². The number of aromatic nitrogens is 5. The van der Waals surface area contributed by atoms with Gasteiger partial charge in [0, 0.05) is 14.1 Å². The molecule has 0 aliphatic heterocycles. The second-order valence-corrected chi connectivity index (χ2v) is 3.96. The van der Waals surface area contributed by atoms with Crippen molar-refractivity contribution in [1.82, 2.24) is 25.0 Å². The Kier molecular flexibility index (Phi) is 3.23. The van der Waals surface area contributed by atoms with Crippen molar-refractivity contribution in [2.24, 2.45) is 7.05 Å². The van der Waals surface area contributed by atoms with Gasteiger partial charge in [-0.1, -0.05) is 5.21 Å². The number of halogens is 1.